The molecule has 4 aromatic rings. The highest BCUT2D eigenvalue weighted by Crippen LogP contribution is 2.33. The SMILES string of the molecule is COc1ccc(C)cc1-c1csc(NC(=O)CCCn2cnc3c2c(=O)n(C)c(=O)n3C)n1. The molecule has 0 aliphatic rings. The number of imidazole rings is 1. The fourth-order valence-electron chi connectivity index (χ4n) is 3.64. The summed E-state index contributed by atoms with van der Waals surface area (Å²) in [7, 11) is 4.62. The van der Waals surface area contributed by atoms with Gasteiger partial charge in [0.15, 0.2) is 16.3 Å². The number of benzene rings is 1. The summed E-state index contributed by atoms with van der Waals surface area (Å²) in [5, 5.41) is 5.22. The molecule has 0 unspecified atom stereocenters. The number of aromatic nitrogens is 5. The average molecular weight is 469 g/mol. The molecule has 11 heteroatoms. The first kappa shape index (κ1) is 22.5. The molecule has 0 bridgehead atoms. The van der Waals surface area contributed by atoms with Crippen LogP contribution in [0.1, 0.15) is 18.4 Å². The van der Waals surface area contributed by atoms with Crippen molar-refractivity contribution in [3.05, 3.63) is 56.3 Å². The minimum atomic E-state index is -0.428. The summed E-state index contributed by atoms with van der Waals surface area (Å²) in [5.41, 5.74) is 2.54. The molecule has 3 aromatic heterocycles. The van der Waals surface area contributed by atoms with Gasteiger partial charge in [-0.15, -0.1) is 11.3 Å². The minimum Gasteiger partial charge on any atom is -0.496 e. The molecule has 0 saturated carbocycles. The van der Waals surface area contributed by atoms with E-state index in [1.54, 1.807) is 18.7 Å². The zero-order valence-electron chi connectivity index (χ0n) is 18.8. The molecule has 0 radical (unpaired) electrons. The van der Waals surface area contributed by atoms with E-state index in [4.69, 9.17) is 4.74 Å². The van der Waals surface area contributed by atoms with Crippen LogP contribution < -0.4 is 21.3 Å². The number of thiazole rings is 1. The van der Waals surface area contributed by atoms with E-state index >= 15 is 0 Å². The second-order valence-electron chi connectivity index (χ2n) is 7.71. The molecule has 1 N–H and O–H groups in total. The maximum Gasteiger partial charge on any atom is 0.332 e. The quantitative estimate of drug-likeness (QED) is 0.445. The van der Waals surface area contributed by atoms with Gasteiger partial charge in [-0.1, -0.05) is 11.6 Å². The Kier molecular flexibility index (Phi) is 6.14. The number of aryl methyl sites for hydroxylation is 3. The number of nitrogens with one attached hydrogen (secondary N) is 1. The van der Waals surface area contributed by atoms with E-state index in [0.29, 0.717) is 29.3 Å². The van der Waals surface area contributed by atoms with Crippen LogP contribution in [-0.2, 0) is 25.4 Å². The Bertz CT molecular complexity index is 1460. The number of rotatable bonds is 7. The lowest BCUT2D eigenvalue weighted by Crippen LogP contribution is -2.37. The van der Waals surface area contributed by atoms with Gasteiger partial charge in [-0.3, -0.25) is 18.7 Å². The van der Waals surface area contributed by atoms with Crippen LogP contribution in [0.15, 0.2) is 39.5 Å². The number of carbonyl (C=O) groups is 1. The van der Waals surface area contributed by atoms with Gasteiger partial charge < -0.3 is 14.6 Å². The fourth-order valence-corrected chi connectivity index (χ4v) is 4.36. The van der Waals surface area contributed by atoms with E-state index in [2.05, 4.69) is 15.3 Å². The lowest BCUT2D eigenvalue weighted by Gasteiger charge is -2.07. The van der Waals surface area contributed by atoms with Crippen LogP contribution in [0.5, 0.6) is 5.75 Å². The van der Waals surface area contributed by atoms with Gasteiger partial charge >= 0.3 is 5.69 Å². The lowest BCUT2D eigenvalue weighted by molar-refractivity contribution is -0.116. The number of amides is 1. The van der Waals surface area contributed by atoms with Gasteiger partial charge in [0.1, 0.15) is 5.75 Å². The highest BCUT2D eigenvalue weighted by molar-refractivity contribution is 7.14. The molecule has 0 fully saturated rings. The summed E-state index contributed by atoms with van der Waals surface area (Å²) in [5.74, 6) is 0.553. The maximum atomic E-state index is 12.5. The molecular weight excluding hydrogens is 444 g/mol. The maximum absolute atomic E-state index is 12.5. The van der Waals surface area contributed by atoms with Crippen molar-refractivity contribution in [1.82, 2.24) is 23.7 Å². The summed E-state index contributed by atoms with van der Waals surface area (Å²) in [6.07, 6.45) is 2.26. The lowest BCUT2D eigenvalue weighted by atomic mass is 10.1. The number of methoxy groups -OCH3 is 1. The van der Waals surface area contributed by atoms with Crippen molar-refractivity contribution in [3.8, 4) is 17.0 Å². The van der Waals surface area contributed by atoms with E-state index < -0.39 is 11.2 Å². The van der Waals surface area contributed by atoms with Gasteiger partial charge in [-0.2, -0.15) is 0 Å². The van der Waals surface area contributed by atoms with Crippen LogP contribution in [-0.4, -0.2) is 36.7 Å². The first-order valence-corrected chi connectivity index (χ1v) is 11.2. The Labute approximate surface area is 193 Å². The molecular formula is C22H24N6O4S. The molecule has 0 aliphatic carbocycles. The van der Waals surface area contributed by atoms with E-state index in [0.717, 1.165) is 27.1 Å². The van der Waals surface area contributed by atoms with E-state index in [-0.39, 0.29) is 12.3 Å². The van der Waals surface area contributed by atoms with Crippen molar-refractivity contribution < 1.29 is 9.53 Å². The molecule has 10 nitrogen and oxygen atoms in total. The molecule has 0 atom stereocenters. The second kappa shape index (κ2) is 9.02. The van der Waals surface area contributed by atoms with Crippen molar-refractivity contribution in [2.45, 2.75) is 26.3 Å². The predicted molar refractivity (Wildman–Crippen MR) is 127 cm³/mol. The third kappa shape index (κ3) is 4.31. The van der Waals surface area contributed by atoms with Gasteiger partial charge in [-0.05, 0) is 25.5 Å². The van der Waals surface area contributed by atoms with Crippen molar-refractivity contribution in [2.75, 3.05) is 12.4 Å². The Balaban J connectivity index is 1.41. The van der Waals surface area contributed by atoms with E-state index in [9.17, 15) is 14.4 Å². The number of carbonyl (C=O) groups excluding carboxylic acids is 1. The molecule has 1 amide bonds. The van der Waals surface area contributed by atoms with E-state index in [1.807, 2.05) is 30.5 Å². The number of hydrogen-bond donors (Lipinski definition) is 1. The number of ether oxygens (including phenoxy) is 1. The topological polar surface area (TPSA) is 113 Å². The van der Waals surface area contributed by atoms with Crippen LogP contribution in [0.25, 0.3) is 22.4 Å². The molecule has 3 heterocycles. The number of fused-ring (bicyclic) bond motifs is 1. The van der Waals surface area contributed by atoms with Crippen LogP contribution in [0.3, 0.4) is 0 Å². The summed E-state index contributed by atoms with van der Waals surface area (Å²) in [6.45, 7) is 2.41. The van der Waals surface area contributed by atoms with Gasteiger partial charge in [0.05, 0.1) is 19.1 Å². The summed E-state index contributed by atoms with van der Waals surface area (Å²) >= 11 is 1.35. The molecule has 1 aromatic carbocycles. The smallest absolute Gasteiger partial charge is 0.332 e. The number of anilines is 1. The Morgan fingerprint density at radius 2 is 2.00 bits per heavy atom. The predicted octanol–water partition coefficient (Wildman–Crippen LogP) is 2.29. The molecule has 0 aliphatic heterocycles. The first-order valence-electron chi connectivity index (χ1n) is 10.3. The molecule has 172 valence electrons. The molecule has 4 rings (SSSR count). The second-order valence-corrected chi connectivity index (χ2v) is 8.57. The van der Waals surface area contributed by atoms with Crippen molar-refractivity contribution in [2.24, 2.45) is 14.1 Å². The third-order valence-corrected chi connectivity index (χ3v) is 6.16. The van der Waals surface area contributed by atoms with Crippen LogP contribution in [0.2, 0.25) is 0 Å². The number of nitrogens with zero attached hydrogens (tertiary/aromatic N) is 5. The Morgan fingerprint density at radius 1 is 1.21 bits per heavy atom. The van der Waals surface area contributed by atoms with Gasteiger partial charge in [0.25, 0.3) is 5.56 Å². The summed E-state index contributed by atoms with van der Waals surface area (Å²) in [6, 6.07) is 5.86. The van der Waals surface area contributed by atoms with Crippen LogP contribution in [0, 0.1) is 6.92 Å². The van der Waals surface area contributed by atoms with Gasteiger partial charge in [-0.25, -0.2) is 14.8 Å². The molecule has 0 spiro atoms. The fraction of sp³-hybridized carbons (Fsp3) is 0.318. The highest BCUT2D eigenvalue weighted by Gasteiger charge is 2.15. The monoisotopic (exact) mass is 468 g/mol. The van der Waals surface area contributed by atoms with Crippen molar-refractivity contribution >= 4 is 33.5 Å². The largest absolute Gasteiger partial charge is 0.496 e. The van der Waals surface area contributed by atoms with E-state index in [1.165, 1.54) is 29.3 Å². The molecule has 0 saturated heterocycles. The Morgan fingerprint density at radius 3 is 2.76 bits per heavy atom. The normalized spacial score (nSPS) is 11.2. The van der Waals surface area contributed by atoms with Crippen molar-refractivity contribution in [3.63, 3.8) is 0 Å². The summed E-state index contributed by atoms with van der Waals surface area (Å²) in [4.78, 5) is 45.7. The number of hydrogen-bond acceptors (Lipinski definition) is 7. The van der Waals surface area contributed by atoms with Gasteiger partial charge in [0, 0.05) is 38.0 Å². The highest BCUT2D eigenvalue weighted by atomic mass is 32.1. The summed E-state index contributed by atoms with van der Waals surface area (Å²) < 4.78 is 9.49. The van der Waals surface area contributed by atoms with Gasteiger partial charge in [0.2, 0.25) is 5.91 Å². The Hall–Kier alpha value is -3.73. The zero-order chi connectivity index (χ0) is 23.7. The van der Waals surface area contributed by atoms with Crippen LogP contribution >= 0.6 is 11.3 Å². The third-order valence-electron chi connectivity index (χ3n) is 5.40. The van der Waals surface area contributed by atoms with Crippen LogP contribution in [0.4, 0.5) is 5.13 Å². The standard InChI is InChI=1S/C22H24N6O4S/c1-13-7-8-16(32-4)14(10-13)15-11-33-21(24-15)25-17(29)6-5-9-28-12-23-19-18(28)20(30)27(3)22(31)26(19)2/h7-8,10-12H,5-6,9H2,1-4H3,(H,24,25,29). The molecule has 33 heavy (non-hydrogen) atoms. The average Bonchev–Trinajstić information content (AvgIpc) is 3.43. The first-order chi connectivity index (χ1) is 15.8. The van der Waals surface area contributed by atoms with Crippen molar-refractivity contribution in [1.29, 1.82) is 0 Å². The minimum absolute atomic E-state index is 0.170. The zero-order valence-corrected chi connectivity index (χ0v) is 19.6.